The zero-order valence-corrected chi connectivity index (χ0v) is 15.3. The first kappa shape index (κ1) is 21.7. The summed E-state index contributed by atoms with van der Waals surface area (Å²) in [5.74, 6) is -0.523. The summed E-state index contributed by atoms with van der Waals surface area (Å²) in [6.07, 6.45) is 2.50. The van der Waals surface area contributed by atoms with E-state index in [9.17, 15) is 14.4 Å². The molecule has 2 N–H and O–H groups in total. The Labute approximate surface area is 142 Å². The molecule has 0 aliphatic carbocycles. The lowest BCUT2D eigenvalue weighted by Gasteiger charge is -2.26. The van der Waals surface area contributed by atoms with Crippen LogP contribution in [0.1, 0.15) is 27.2 Å². The molecule has 0 aromatic heterocycles. The number of methoxy groups -OCH3 is 1. The summed E-state index contributed by atoms with van der Waals surface area (Å²) in [7, 11) is 1.32. The quantitative estimate of drug-likeness (QED) is 0.527. The van der Waals surface area contributed by atoms with E-state index in [-0.39, 0.29) is 25.0 Å². The highest BCUT2D eigenvalue weighted by Gasteiger charge is 2.29. The van der Waals surface area contributed by atoms with E-state index in [0.717, 1.165) is 5.75 Å². The predicted molar refractivity (Wildman–Crippen MR) is 90.2 cm³/mol. The molecule has 0 aromatic carbocycles. The Hall–Kier alpha value is -1.28. The van der Waals surface area contributed by atoms with E-state index in [2.05, 4.69) is 10.6 Å². The minimum atomic E-state index is -0.601. The number of esters is 2. The van der Waals surface area contributed by atoms with Crippen LogP contribution >= 0.6 is 11.8 Å². The standard InChI is InChI=1S/C15H28N2O5S/c1-6-22-12(18)9-16-14(19)13(10(2)3)17-11(7-8-23-5)15(20)21-4/h10-11,13,17H,6-9H2,1-5H3,(H,16,19)/t11-,13+/m0/s1. The number of carbonyl (C=O) groups excluding carboxylic acids is 3. The second kappa shape index (κ2) is 12.2. The molecule has 0 heterocycles. The summed E-state index contributed by atoms with van der Waals surface area (Å²) < 4.78 is 9.55. The van der Waals surface area contributed by atoms with Crippen LogP contribution in [-0.4, -0.2) is 62.2 Å². The molecule has 0 bridgehead atoms. The van der Waals surface area contributed by atoms with Gasteiger partial charge in [-0.1, -0.05) is 13.8 Å². The minimum absolute atomic E-state index is 0.0568. The van der Waals surface area contributed by atoms with E-state index in [1.807, 2.05) is 20.1 Å². The van der Waals surface area contributed by atoms with Crippen molar-refractivity contribution >= 4 is 29.6 Å². The molecule has 0 aliphatic heterocycles. The molecular formula is C15H28N2O5S. The van der Waals surface area contributed by atoms with Gasteiger partial charge in [0.05, 0.1) is 19.8 Å². The van der Waals surface area contributed by atoms with Gasteiger partial charge in [0, 0.05) is 0 Å². The Balaban J connectivity index is 4.76. The summed E-state index contributed by atoms with van der Waals surface area (Å²) in [5, 5.41) is 5.58. The van der Waals surface area contributed by atoms with Gasteiger partial charge in [0.1, 0.15) is 12.6 Å². The predicted octanol–water partition coefficient (Wildman–Crippen LogP) is 0.575. The number of thioether (sulfide) groups is 1. The van der Waals surface area contributed by atoms with E-state index in [1.54, 1.807) is 18.7 Å². The summed E-state index contributed by atoms with van der Waals surface area (Å²) >= 11 is 1.61. The Morgan fingerprint density at radius 2 is 1.87 bits per heavy atom. The summed E-state index contributed by atoms with van der Waals surface area (Å²) in [6, 6.07) is -1.16. The maximum atomic E-state index is 12.3. The number of nitrogens with one attached hydrogen (secondary N) is 2. The van der Waals surface area contributed by atoms with Gasteiger partial charge in [0.25, 0.3) is 0 Å². The Bertz CT molecular complexity index is 390. The van der Waals surface area contributed by atoms with Crippen LogP contribution in [0.25, 0.3) is 0 Å². The van der Waals surface area contributed by atoms with Gasteiger partial charge in [-0.15, -0.1) is 0 Å². The van der Waals surface area contributed by atoms with Crippen molar-refractivity contribution in [1.82, 2.24) is 10.6 Å². The monoisotopic (exact) mass is 348 g/mol. The summed E-state index contributed by atoms with van der Waals surface area (Å²) in [6.45, 7) is 5.50. The lowest BCUT2D eigenvalue weighted by atomic mass is 10.0. The average molecular weight is 348 g/mol. The number of ether oxygens (including phenoxy) is 2. The van der Waals surface area contributed by atoms with Crippen LogP contribution in [0.5, 0.6) is 0 Å². The highest BCUT2D eigenvalue weighted by Crippen LogP contribution is 2.08. The molecule has 7 nitrogen and oxygen atoms in total. The van der Waals surface area contributed by atoms with Crippen LogP contribution in [0.15, 0.2) is 0 Å². The molecular weight excluding hydrogens is 320 g/mol. The van der Waals surface area contributed by atoms with Gasteiger partial charge in [0.15, 0.2) is 0 Å². The Kier molecular flexibility index (Phi) is 11.5. The third-order valence-electron chi connectivity index (χ3n) is 3.14. The molecule has 0 unspecified atom stereocenters. The maximum absolute atomic E-state index is 12.3. The largest absolute Gasteiger partial charge is 0.468 e. The van der Waals surface area contributed by atoms with Crippen LogP contribution in [-0.2, 0) is 23.9 Å². The highest BCUT2D eigenvalue weighted by molar-refractivity contribution is 7.98. The Morgan fingerprint density at radius 1 is 1.22 bits per heavy atom. The molecule has 0 rings (SSSR count). The van der Waals surface area contributed by atoms with Crippen LogP contribution in [0.3, 0.4) is 0 Å². The highest BCUT2D eigenvalue weighted by atomic mass is 32.2. The SMILES string of the molecule is CCOC(=O)CNC(=O)[C@H](N[C@@H](CCSC)C(=O)OC)C(C)C. The third kappa shape index (κ3) is 8.80. The molecule has 0 saturated heterocycles. The zero-order valence-electron chi connectivity index (χ0n) is 14.5. The van der Waals surface area contributed by atoms with E-state index in [1.165, 1.54) is 7.11 Å². The molecule has 134 valence electrons. The molecule has 8 heteroatoms. The fourth-order valence-corrected chi connectivity index (χ4v) is 2.39. The molecule has 0 spiro atoms. The third-order valence-corrected chi connectivity index (χ3v) is 3.78. The fourth-order valence-electron chi connectivity index (χ4n) is 1.92. The molecule has 0 aromatic rings. The van der Waals surface area contributed by atoms with Crippen LogP contribution in [0, 0.1) is 5.92 Å². The van der Waals surface area contributed by atoms with Crippen molar-refractivity contribution in [3.63, 3.8) is 0 Å². The van der Waals surface area contributed by atoms with Crippen molar-refractivity contribution in [2.24, 2.45) is 5.92 Å². The van der Waals surface area contributed by atoms with Gasteiger partial charge >= 0.3 is 11.9 Å². The normalized spacial score (nSPS) is 13.3. The number of hydrogen-bond acceptors (Lipinski definition) is 7. The minimum Gasteiger partial charge on any atom is -0.468 e. The van der Waals surface area contributed by atoms with E-state index < -0.39 is 24.0 Å². The second-order valence-electron chi connectivity index (χ2n) is 5.27. The average Bonchev–Trinajstić information content (AvgIpc) is 2.52. The van der Waals surface area contributed by atoms with Gasteiger partial charge in [-0.2, -0.15) is 11.8 Å². The van der Waals surface area contributed by atoms with Gasteiger partial charge in [-0.3, -0.25) is 19.7 Å². The van der Waals surface area contributed by atoms with Crippen molar-refractivity contribution in [2.45, 2.75) is 39.3 Å². The van der Waals surface area contributed by atoms with E-state index in [4.69, 9.17) is 9.47 Å². The summed E-state index contributed by atoms with van der Waals surface area (Å²) in [4.78, 5) is 35.4. The Morgan fingerprint density at radius 3 is 2.35 bits per heavy atom. The molecule has 0 radical (unpaired) electrons. The zero-order chi connectivity index (χ0) is 17.8. The smallest absolute Gasteiger partial charge is 0.325 e. The van der Waals surface area contributed by atoms with Gasteiger partial charge in [0.2, 0.25) is 5.91 Å². The number of carbonyl (C=O) groups is 3. The van der Waals surface area contributed by atoms with E-state index >= 15 is 0 Å². The van der Waals surface area contributed by atoms with Crippen LogP contribution < -0.4 is 10.6 Å². The molecule has 0 saturated carbocycles. The molecule has 0 fully saturated rings. The number of rotatable bonds is 11. The van der Waals surface area contributed by atoms with Crippen molar-refractivity contribution in [3.05, 3.63) is 0 Å². The summed E-state index contributed by atoms with van der Waals surface area (Å²) in [5.41, 5.74) is 0. The maximum Gasteiger partial charge on any atom is 0.325 e. The number of amides is 1. The second-order valence-corrected chi connectivity index (χ2v) is 6.25. The molecule has 23 heavy (non-hydrogen) atoms. The fraction of sp³-hybridized carbons (Fsp3) is 0.800. The van der Waals surface area contributed by atoms with Gasteiger partial charge < -0.3 is 14.8 Å². The first-order chi connectivity index (χ1) is 10.9. The lowest BCUT2D eigenvalue weighted by Crippen LogP contribution is -2.54. The number of hydrogen-bond donors (Lipinski definition) is 2. The topological polar surface area (TPSA) is 93.7 Å². The molecule has 0 aliphatic rings. The van der Waals surface area contributed by atoms with Crippen molar-refractivity contribution in [1.29, 1.82) is 0 Å². The van der Waals surface area contributed by atoms with Crippen molar-refractivity contribution < 1.29 is 23.9 Å². The first-order valence-corrected chi connectivity index (χ1v) is 9.02. The molecule has 2 atom stereocenters. The van der Waals surface area contributed by atoms with Gasteiger partial charge in [-0.05, 0) is 31.3 Å². The van der Waals surface area contributed by atoms with Crippen LogP contribution in [0.4, 0.5) is 0 Å². The van der Waals surface area contributed by atoms with Crippen molar-refractivity contribution in [2.75, 3.05) is 32.3 Å². The first-order valence-electron chi connectivity index (χ1n) is 7.63. The van der Waals surface area contributed by atoms with Crippen LogP contribution in [0.2, 0.25) is 0 Å². The lowest BCUT2D eigenvalue weighted by molar-refractivity contribution is -0.145. The van der Waals surface area contributed by atoms with E-state index in [0.29, 0.717) is 6.42 Å². The molecule has 1 amide bonds. The van der Waals surface area contributed by atoms with Crippen molar-refractivity contribution in [3.8, 4) is 0 Å². The van der Waals surface area contributed by atoms with Gasteiger partial charge in [-0.25, -0.2) is 0 Å².